The van der Waals surface area contributed by atoms with Gasteiger partial charge in [0.25, 0.3) is 0 Å². The topological polar surface area (TPSA) is 236 Å². The van der Waals surface area contributed by atoms with Crippen molar-refractivity contribution in [2.24, 2.45) is 17.8 Å². The number of cyclic esters (lactones) is 1. The van der Waals surface area contributed by atoms with E-state index in [0.29, 0.717) is 24.3 Å². The van der Waals surface area contributed by atoms with Gasteiger partial charge >= 0.3 is 11.9 Å². The third kappa shape index (κ3) is 13.4. The molecule has 18 heteroatoms. The molecule has 3 aliphatic heterocycles. The minimum absolute atomic E-state index is 0.0746. The number of ether oxygens (including phenoxy) is 8. The molecule has 1 aromatic carbocycles. The van der Waals surface area contributed by atoms with E-state index >= 15 is 0 Å². The molecule has 0 bridgehead atoms. The zero-order chi connectivity index (χ0) is 49.6. The van der Waals surface area contributed by atoms with Gasteiger partial charge in [0.05, 0.1) is 54.2 Å². The molecule has 380 valence electrons. The van der Waals surface area contributed by atoms with Crippen LogP contribution >= 0.6 is 0 Å². The van der Waals surface area contributed by atoms with Crippen LogP contribution in [0.1, 0.15) is 105 Å². The first kappa shape index (κ1) is 56.0. The van der Waals surface area contributed by atoms with Gasteiger partial charge in [0.15, 0.2) is 12.6 Å². The summed E-state index contributed by atoms with van der Waals surface area (Å²) < 4.78 is 48.5. The molecule has 18 nitrogen and oxygen atoms in total. The fourth-order valence-corrected chi connectivity index (χ4v) is 10.2. The summed E-state index contributed by atoms with van der Waals surface area (Å²) in [5, 5.41) is 70.4. The van der Waals surface area contributed by atoms with E-state index in [1.165, 1.54) is 21.1 Å². The average Bonchev–Trinajstić information content (AvgIpc) is 3.26. The van der Waals surface area contributed by atoms with Crippen molar-refractivity contribution in [1.82, 2.24) is 9.80 Å². The molecular weight excluding hydrogens is 861 g/mol. The van der Waals surface area contributed by atoms with Crippen LogP contribution in [0.15, 0.2) is 24.3 Å². The fraction of sp³-hybridized carbons (Fsp3) is 0.833. The van der Waals surface area contributed by atoms with E-state index in [1.54, 1.807) is 79.8 Å². The van der Waals surface area contributed by atoms with Crippen molar-refractivity contribution in [2.75, 3.05) is 48.0 Å². The first-order valence-electron chi connectivity index (χ1n) is 23.5. The largest absolute Gasteiger partial charge is 0.491 e. The molecule has 3 aliphatic rings. The van der Waals surface area contributed by atoms with Gasteiger partial charge in [-0.05, 0) is 112 Å². The van der Waals surface area contributed by atoms with E-state index in [0.717, 1.165) is 0 Å². The van der Waals surface area contributed by atoms with Gasteiger partial charge in [-0.3, -0.25) is 9.69 Å². The number of likely N-dealkylation sites (N-methyl/N-ethyl adjacent to an activating group) is 2. The fourth-order valence-electron chi connectivity index (χ4n) is 10.2. The van der Waals surface area contributed by atoms with Gasteiger partial charge in [-0.25, -0.2) is 4.79 Å². The number of aliphatic hydroxyl groups is 6. The van der Waals surface area contributed by atoms with E-state index in [1.807, 2.05) is 30.7 Å². The maximum atomic E-state index is 14.4. The molecule has 3 saturated heterocycles. The minimum Gasteiger partial charge on any atom is -0.491 e. The summed E-state index contributed by atoms with van der Waals surface area (Å²) in [5.41, 5.74) is -4.24. The lowest BCUT2D eigenvalue weighted by molar-refractivity contribution is -0.318. The van der Waals surface area contributed by atoms with Gasteiger partial charge in [-0.15, -0.1) is 0 Å². The SMILES string of the molecule is CC[C@H]1OC(=O)[C@H](C)[C@@H](O[C@H]2C[C@@](C)(OC)[C@@H](O)[C@H](C)O2)[C@H](C)[C@@H](O[C@@H]2O[C@H](C)CC(N(C)CC(O)COc3ccc(C(=O)OC)cc3)[C@H]2O)[C@](C)(O)C[C@@H](C)CN(C)[C@H](C)[C@@H](O)[C@]1(C)O. The van der Waals surface area contributed by atoms with Crippen molar-refractivity contribution in [3.63, 3.8) is 0 Å². The van der Waals surface area contributed by atoms with Crippen molar-refractivity contribution in [1.29, 1.82) is 0 Å². The van der Waals surface area contributed by atoms with Gasteiger partial charge in [-0.1, -0.05) is 20.8 Å². The molecule has 19 atom stereocenters. The molecule has 3 fully saturated rings. The van der Waals surface area contributed by atoms with Crippen molar-refractivity contribution < 1.29 is 78.1 Å². The molecule has 1 aromatic rings. The number of esters is 2. The Morgan fingerprint density at radius 3 is 2.18 bits per heavy atom. The molecule has 2 unspecified atom stereocenters. The highest BCUT2D eigenvalue weighted by atomic mass is 16.7. The summed E-state index contributed by atoms with van der Waals surface area (Å²) in [6.45, 7) is 17.7. The number of carbonyl (C=O) groups is 2. The van der Waals surface area contributed by atoms with E-state index < -0.39 is 120 Å². The average molecular weight is 943 g/mol. The van der Waals surface area contributed by atoms with E-state index in [2.05, 4.69) is 0 Å². The Morgan fingerprint density at radius 1 is 0.955 bits per heavy atom. The Morgan fingerprint density at radius 2 is 1.59 bits per heavy atom. The van der Waals surface area contributed by atoms with Gasteiger partial charge in [0.1, 0.15) is 48.5 Å². The molecule has 0 aromatic heterocycles. The Labute approximate surface area is 391 Å². The van der Waals surface area contributed by atoms with Crippen LogP contribution in [-0.2, 0) is 38.0 Å². The van der Waals surface area contributed by atoms with Crippen LogP contribution in [0.25, 0.3) is 0 Å². The highest BCUT2D eigenvalue weighted by molar-refractivity contribution is 5.89. The third-order valence-corrected chi connectivity index (χ3v) is 14.3. The second-order valence-corrected chi connectivity index (χ2v) is 20.1. The van der Waals surface area contributed by atoms with Gasteiger partial charge in [0, 0.05) is 44.6 Å². The second kappa shape index (κ2) is 23.4. The van der Waals surface area contributed by atoms with Crippen LogP contribution in [0.5, 0.6) is 5.75 Å². The Balaban J connectivity index is 1.69. The second-order valence-electron chi connectivity index (χ2n) is 20.1. The maximum absolute atomic E-state index is 14.4. The lowest BCUT2D eigenvalue weighted by Gasteiger charge is -2.49. The van der Waals surface area contributed by atoms with Crippen LogP contribution in [-0.4, -0.2) is 197 Å². The van der Waals surface area contributed by atoms with Crippen LogP contribution < -0.4 is 4.74 Å². The smallest absolute Gasteiger partial charge is 0.337 e. The zero-order valence-corrected chi connectivity index (χ0v) is 41.7. The predicted octanol–water partition coefficient (Wildman–Crippen LogP) is 2.50. The number of aliphatic hydroxyl groups excluding tert-OH is 4. The number of methoxy groups -OCH3 is 2. The van der Waals surface area contributed by atoms with E-state index in [4.69, 9.17) is 37.9 Å². The van der Waals surface area contributed by atoms with Gasteiger partial charge in [0.2, 0.25) is 0 Å². The Kier molecular flexibility index (Phi) is 19.8. The molecule has 66 heavy (non-hydrogen) atoms. The van der Waals surface area contributed by atoms with Crippen LogP contribution in [0.2, 0.25) is 0 Å². The summed E-state index contributed by atoms with van der Waals surface area (Å²) in [7, 11) is 6.37. The predicted molar refractivity (Wildman–Crippen MR) is 242 cm³/mol. The van der Waals surface area contributed by atoms with Crippen LogP contribution in [0.4, 0.5) is 0 Å². The van der Waals surface area contributed by atoms with Crippen LogP contribution in [0.3, 0.4) is 0 Å². The third-order valence-electron chi connectivity index (χ3n) is 14.3. The molecule has 4 rings (SSSR count). The summed E-state index contributed by atoms with van der Waals surface area (Å²) in [6.07, 6.45) is -10.7. The molecular formula is C48H82N2O16. The quantitative estimate of drug-likeness (QED) is 0.156. The highest BCUT2D eigenvalue weighted by Crippen LogP contribution is 2.40. The number of hydrogen-bond donors (Lipinski definition) is 6. The zero-order valence-electron chi connectivity index (χ0n) is 41.7. The van der Waals surface area contributed by atoms with Crippen molar-refractivity contribution in [3.8, 4) is 5.75 Å². The Hall–Kier alpha value is -2.56. The molecule has 0 radical (unpaired) electrons. The first-order valence-corrected chi connectivity index (χ1v) is 23.5. The van der Waals surface area contributed by atoms with E-state index in [9.17, 15) is 40.2 Å². The highest BCUT2D eigenvalue weighted by Gasteiger charge is 2.53. The number of carbonyl (C=O) groups excluding carboxylic acids is 2. The molecule has 0 aliphatic carbocycles. The number of benzene rings is 1. The summed E-state index contributed by atoms with van der Waals surface area (Å²) in [6, 6.07) is 5.18. The number of nitrogens with zero attached hydrogens (tertiary/aromatic N) is 2. The minimum atomic E-state index is -1.85. The first-order chi connectivity index (χ1) is 30.7. The molecule has 0 saturated carbocycles. The van der Waals surface area contributed by atoms with Crippen molar-refractivity contribution in [3.05, 3.63) is 29.8 Å². The molecule has 3 heterocycles. The lowest BCUT2D eigenvalue weighted by atomic mass is 9.77. The van der Waals surface area contributed by atoms with Gasteiger partial charge in [-0.2, -0.15) is 0 Å². The molecule has 6 N–H and O–H groups in total. The van der Waals surface area contributed by atoms with E-state index in [-0.39, 0.29) is 38.3 Å². The standard InChI is InChI=1S/C48H82N2O16/c1-15-36-48(10,58)40(53)30(6)49(11)23-26(2)21-46(8,57)42(28(4)39(29(5)43(55)64-36)65-37-22-47(9,60-14)41(54)31(7)63-37)66-45-38(52)35(20-27(3)62-45)50(12)24-33(51)25-61-34-18-16-32(17-19-34)44(56)59-13/h16-19,26-31,33,35-42,45,51-54,57-58H,15,20-25H2,1-14H3/t26-,27-,28+,29-,30-,31+,33?,35?,36-,37+,38-,39+,40-,41+,42-,45+,46-,47-,48-/m1/s1. The van der Waals surface area contributed by atoms with Crippen LogP contribution in [0, 0.1) is 17.8 Å². The Bertz CT molecular complexity index is 1690. The lowest BCUT2D eigenvalue weighted by Crippen LogP contribution is -2.61. The summed E-state index contributed by atoms with van der Waals surface area (Å²) in [4.78, 5) is 30.0. The normalized spacial score (nSPS) is 41.9. The molecule has 0 amide bonds. The van der Waals surface area contributed by atoms with Gasteiger partial charge < -0.3 is 73.4 Å². The molecule has 0 spiro atoms. The summed E-state index contributed by atoms with van der Waals surface area (Å²) >= 11 is 0. The summed E-state index contributed by atoms with van der Waals surface area (Å²) in [5.74, 6) is -2.93. The number of rotatable bonds is 13. The van der Waals surface area contributed by atoms with Crippen molar-refractivity contribution in [2.45, 2.75) is 191 Å². The monoisotopic (exact) mass is 943 g/mol. The van der Waals surface area contributed by atoms with Crippen molar-refractivity contribution >= 4 is 11.9 Å². The number of hydrogen-bond acceptors (Lipinski definition) is 18. The maximum Gasteiger partial charge on any atom is 0.337 e.